The van der Waals surface area contributed by atoms with Gasteiger partial charge in [0.25, 0.3) is 0 Å². The molecular weight excluding hydrogens is 256 g/mol. The summed E-state index contributed by atoms with van der Waals surface area (Å²) in [5.74, 6) is 0. The molecule has 0 bridgehead atoms. The van der Waals surface area contributed by atoms with E-state index in [1.807, 2.05) is 10.9 Å². The third-order valence-electron chi connectivity index (χ3n) is 3.21. The molecule has 2 rings (SSSR count). The topological polar surface area (TPSA) is 61.2 Å². The lowest BCUT2D eigenvalue weighted by Crippen LogP contribution is -2.15. The van der Waals surface area contributed by atoms with Gasteiger partial charge in [-0.1, -0.05) is 18.6 Å². The van der Waals surface area contributed by atoms with Gasteiger partial charge in [0.2, 0.25) is 0 Å². The zero-order valence-corrected chi connectivity index (χ0v) is 12.4. The van der Waals surface area contributed by atoms with Crippen LogP contribution in [0.5, 0.6) is 0 Å². The van der Waals surface area contributed by atoms with Gasteiger partial charge >= 0.3 is 0 Å². The first kappa shape index (κ1) is 15.4. The molecule has 114 valence electrons. The lowest BCUT2D eigenvalue weighted by molar-refractivity contribution is 0.0429. The number of unbranched alkanes of at least 4 members (excludes halogenated alkanes) is 1. The van der Waals surface area contributed by atoms with Crippen molar-refractivity contribution in [1.29, 1.82) is 0 Å². The van der Waals surface area contributed by atoms with Gasteiger partial charge in [0, 0.05) is 25.4 Å². The molecule has 1 aromatic rings. The van der Waals surface area contributed by atoms with E-state index >= 15 is 0 Å². The molecule has 1 saturated carbocycles. The van der Waals surface area contributed by atoms with E-state index < -0.39 is 0 Å². The van der Waals surface area contributed by atoms with Crippen molar-refractivity contribution in [3.63, 3.8) is 0 Å². The monoisotopic (exact) mass is 282 g/mol. The summed E-state index contributed by atoms with van der Waals surface area (Å²) >= 11 is 0. The van der Waals surface area contributed by atoms with E-state index in [1.165, 1.54) is 19.3 Å². The van der Waals surface area contributed by atoms with Gasteiger partial charge in [0.15, 0.2) is 0 Å². The Kier molecular flexibility index (Phi) is 6.97. The second kappa shape index (κ2) is 9.05. The van der Waals surface area contributed by atoms with Crippen LogP contribution in [-0.2, 0) is 22.6 Å². The van der Waals surface area contributed by atoms with E-state index in [1.54, 1.807) is 0 Å². The first-order valence-electron chi connectivity index (χ1n) is 7.66. The Bertz CT molecular complexity index is 366. The van der Waals surface area contributed by atoms with E-state index in [9.17, 15) is 0 Å². The second-order valence-electron chi connectivity index (χ2n) is 5.21. The molecule has 20 heavy (non-hydrogen) atoms. The molecule has 0 aliphatic heterocycles. The average molecular weight is 282 g/mol. The smallest absolute Gasteiger partial charge is 0.0964 e. The van der Waals surface area contributed by atoms with Crippen LogP contribution >= 0.6 is 0 Å². The van der Waals surface area contributed by atoms with E-state index in [0.29, 0.717) is 25.9 Å². The summed E-state index contributed by atoms with van der Waals surface area (Å²) in [6, 6.07) is 0.705. The number of nitrogens with zero attached hydrogens (tertiary/aromatic N) is 3. The minimum atomic E-state index is 0.647. The standard InChI is InChI=1S/C14H26N4O2/c1-2-3-7-19-9-10-20-8-6-18-12-14(16-17-18)11-15-13-4-5-13/h12-13,15H,2-11H2,1H3. The molecule has 1 aromatic heterocycles. The largest absolute Gasteiger partial charge is 0.379 e. The number of hydrogen-bond donors (Lipinski definition) is 1. The second-order valence-corrected chi connectivity index (χ2v) is 5.21. The van der Waals surface area contributed by atoms with Crippen LogP contribution in [0.4, 0.5) is 0 Å². The van der Waals surface area contributed by atoms with Crippen LogP contribution in [0, 0.1) is 0 Å². The Morgan fingerprint density at radius 2 is 2.05 bits per heavy atom. The third-order valence-corrected chi connectivity index (χ3v) is 3.21. The summed E-state index contributed by atoms with van der Waals surface area (Å²) in [6.45, 7) is 6.52. The van der Waals surface area contributed by atoms with Crippen molar-refractivity contribution in [1.82, 2.24) is 20.3 Å². The van der Waals surface area contributed by atoms with Crippen LogP contribution in [0.3, 0.4) is 0 Å². The van der Waals surface area contributed by atoms with E-state index in [-0.39, 0.29) is 0 Å². The quantitative estimate of drug-likeness (QED) is 0.587. The molecule has 6 nitrogen and oxygen atoms in total. The molecule has 6 heteroatoms. The highest BCUT2D eigenvalue weighted by atomic mass is 16.5. The summed E-state index contributed by atoms with van der Waals surface area (Å²) in [5.41, 5.74) is 1.000. The van der Waals surface area contributed by atoms with Crippen molar-refractivity contribution in [2.75, 3.05) is 26.4 Å². The summed E-state index contributed by atoms with van der Waals surface area (Å²) in [5, 5.41) is 11.6. The number of ether oxygens (including phenoxy) is 2. The van der Waals surface area contributed by atoms with Gasteiger partial charge < -0.3 is 14.8 Å². The fraction of sp³-hybridized carbons (Fsp3) is 0.857. The molecule has 0 saturated heterocycles. The first-order chi connectivity index (χ1) is 9.88. The Morgan fingerprint density at radius 3 is 2.80 bits per heavy atom. The predicted molar refractivity (Wildman–Crippen MR) is 76.4 cm³/mol. The highest BCUT2D eigenvalue weighted by Gasteiger charge is 2.20. The zero-order valence-electron chi connectivity index (χ0n) is 12.4. The van der Waals surface area contributed by atoms with Crippen LogP contribution in [0.15, 0.2) is 6.20 Å². The Balaban J connectivity index is 1.46. The molecule has 0 atom stereocenters. The summed E-state index contributed by atoms with van der Waals surface area (Å²) in [7, 11) is 0. The highest BCUT2D eigenvalue weighted by molar-refractivity contribution is 4.94. The molecule has 0 unspecified atom stereocenters. The maximum atomic E-state index is 5.51. The van der Waals surface area contributed by atoms with Crippen molar-refractivity contribution in [3.8, 4) is 0 Å². The van der Waals surface area contributed by atoms with Crippen molar-refractivity contribution in [3.05, 3.63) is 11.9 Å². The van der Waals surface area contributed by atoms with Gasteiger partial charge in [-0.25, -0.2) is 4.68 Å². The molecule has 0 spiro atoms. The number of hydrogen-bond acceptors (Lipinski definition) is 5. The van der Waals surface area contributed by atoms with Gasteiger partial charge in [-0.15, -0.1) is 5.10 Å². The molecule has 1 heterocycles. The maximum Gasteiger partial charge on any atom is 0.0964 e. The van der Waals surface area contributed by atoms with Gasteiger partial charge in [-0.05, 0) is 19.3 Å². The van der Waals surface area contributed by atoms with Crippen molar-refractivity contribution >= 4 is 0 Å². The van der Waals surface area contributed by atoms with Crippen LogP contribution in [0.2, 0.25) is 0 Å². The Morgan fingerprint density at radius 1 is 1.25 bits per heavy atom. The lowest BCUT2D eigenvalue weighted by atomic mass is 10.4. The van der Waals surface area contributed by atoms with Crippen molar-refractivity contribution in [2.24, 2.45) is 0 Å². The average Bonchev–Trinajstić information content (AvgIpc) is 3.18. The zero-order chi connectivity index (χ0) is 14.0. The molecule has 1 N–H and O–H groups in total. The highest BCUT2D eigenvalue weighted by Crippen LogP contribution is 2.18. The minimum absolute atomic E-state index is 0.647. The van der Waals surface area contributed by atoms with Crippen molar-refractivity contribution < 1.29 is 9.47 Å². The molecule has 1 aliphatic carbocycles. The van der Waals surface area contributed by atoms with Gasteiger partial charge in [-0.3, -0.25) is 0 Å². The lowest BCUT2D eigenvalue weighted by Gasteiger charge is -2.05. The van der Waals surface area contributed by atoms with Crippen LogP contribution < -0.4 is 5.32 Å². The predicted octanol–water partition coefficient (Wildman–Crippen LogP) is 1.36. The van der Waals surface area contributed by atoms with Gasteiger partial charge in [0.05, 0.1) is 32.1 Å². The Hall–Kier alpha value is -0.980. The van der Waals surface area contributed by atoms with Gasteiger partial charge in [-0.2, -0.15) is 0 Å². The fourth-order valence-electron chi connectivity index (χ4n) is 1.79. The van der Waals surface area contributed by atoms with Crippen molar-refractivity contribution in [2.45, 2.75) is 51.7 Å². The van der Waals surface area contributed by atoms with Crippen LogP contribution in [0.1, 0.15) is 38.3 Å². The summed E-state index contributed by atoms with van der Waals surface area (Å²) in [6.07, 6.45) is 6.86. The first-order valence-corrected chi connectivity index (χ1v) is 7.66. The molecule has 1 fully saturated rings. The van der Waals surface area contributed by atoms with E-state index in [2.05, 4.69) is 22.6 Å². The normalized spacial score (nSPS) is 14.8. The molecule has 1 aliphatic rings. The summed E-state index contributed by atoms with van der Waals surface area (Å²) < 4.78 is 12.8. The Labute approximate surface area is 120 Å². The van der Waals surface area contributed by atoms with Crippen LogP contribution in [0.25, 0.3) is 0 Å². The van der Waals surface area contributed by atoms with E-state index in [0.717, 1.165) is 31.8 Å². The number of nitrogens with one attached hydrogen (secondary N) is 1. The molecule has 0 aromatic carbocycles. The molecule has 0 amide bonds. The van der Waals surface area contributed by atoms with Crippen LogP contribution in [-0.4, -0.2) is 47.5 Å². The summed E-state index contributed by atoms with van der Waals surface area (Å²) in [4.78, 5) is 0. The maximum absolute atomic E-state index is 5.51. The SMILES string of the molecule is CCCCOCCOCCn1cc(CNC2CC2)nn1. The molecular formula is C14H26N4O2. The van der Waals surface area contributed by atoms with Gasteiger partial charge in [0.1, 0.15) is 0 Å². The van der Waals surface area contributed by atoms with E-state index in [4.69, 9.17) is 9.47 Å². The molecule has 0 radical (unpaired) electrons. The minimum Gasteiger partial charge on any atom is -0.379 e. The number of rotatable bonds is 12. The fourth-order valence-corrected chi connectivity index (χ4v) is 1.79. The number of aromatic nitrogens is 3. The third kappa shape index (κ3) is 6.45.